The maximum Gasteiger partial charge on any atom is 0.326 e. The van der Waals surface area contributed by atoms with E-state index in [0.717, 1.165) is 38.1 Å². The molecule has 0 bridgehead atoms. The first-order valence-corrected chi connectivity index (χ1v) is 8.99. The minimum atomic E-state index is -0.959. The van der Waals surface area contributed by atoms with Crippen LogP contribution in [0, 0.1) is 0 Å². The molecular formula is C14H27N3O3S. The van der Waals surface area contributed by atoms with E-state index < -0.39 is 12.0 Å². The minimum Gasteiger partial charge on any atom is -0.480 e. The first-order chi connectivity index (χ1) is 10.1. The van der Waals surface area contributed by atoms with E-state index in [1.54, 1.807) is 11.8 Å². The molecule has 21 heavy (non-hydrogen) atoms. The van der Waals surface area contributed by atoms with E-state index in [0.29, 0.717) is 13.0 Å². The van der Waals surface area contributed by atoms with Crippen LogP contribution in [0.15, 0.2) is 0 Å². The molecule has 0 aliphatic carbocycles. The molecule has 2 amide bonds. The number of carbonyl (C=O) groups is 2. The molecule has 1 unspecified atom stereocenters. The zero-order chi connectivity index (χ0) is 15.7. The molecule has 0 spiro atoms. The van der Waals surface area contributed by atoms with Crippen molar-refractivity contribution < 1.29 is 14.7 Å². The fourth-order valence-electron chi connectivity index (χ4n) is 2.53. The van der Waals surface area contributed by atoms with Crippen LogP contribution in [-0.2, 0) is 4.79 Å². The normalized spacial score (nSPS) is 17.2. The van der Waals surface area contributed by atoms with E-state index >= 15 is 0 Å². The molecule has 0 radical (unpaired) electrons. The maximum absolute atomic E-state index is 12.4. The lowest BCUT2D eigenvalue weighted by atomic mass is 10.0. The summed E-state index contributed by atoms with van der Waals surface area (Å²) in [4.78, 5) is 25.5. The molecule has 1 fully saturated rings. The predicted octanol–water partition coefficient (Wildman–Crippen LogP) is 1.37. The van der Waals surface area contributed by atoms with Crippen molar-refractivity contribution in [3.63, 3.8) is 0 Å². The van der Waals surface area contributed by atoms with Crippen LogP contribution in [0.25, 0.3) is 0 Å². The molecule has 1 aliphatic rings. The van der Waals surface area contributed by atoms with Gasteiger partial charge in [0.15, 0.2) is 0 Å². The third-order valence-electron chi connectivity index (χ3n) is 3.68. The van der Waals surface area contributed by atoms with Crippen LogP contribution in [0.1, 0.15) is 32.6 Å². The zero-order valence-corrected chi connectivity index (χ0v) is 13.7. The number of carboxylic acid groups (broad SMARTS) is 1. The number of hydrogen-bond acceptors (Lipinski definition) is 4. The van der Waals surface area contributed by atoms with Gasteiger partial charge in [0.05, 0.1) is 0 Å². The van der Waals surface area contributed by atoms with Gasteiger partial charge in [-0.25, -0.2) is 9.59 Å². The third kappa shape index (κ3) is 6.13. The van der Waals surface area contributed by atoms with Crippen LogP contribution in [-0.4, -0.2) is 65.7 Å². The summed E-state index contributed by atoms with van der Waals surface area (Å²) in [6.45, 7) is 4.52. The fourth-order valence-corrected chi connectivity index (χ4v) is 3.01. The Morgan fingerprint density at radius 3 is 2.62 bits per heavy atom. The van der Waals surface area contributed by atoms with Gasteiger partial charge in [-0.15, -0.1) is 0 Å². The average Bonchev–Trinajstić information content (AvgIpc) is 2.49. The number of amides is 2. The highest BCUT2D eigenvalue weighted by Crippen LogP contribution is 2.13. The minimum absolute atomic E-state index is 0.209. The second kappa shape index (κ2) is 9.89. The van der Waals surface area contributed by atoms with Crippen LogP contribution in [0.5, 0.6) is 0 Å². The van der Waals surface area contributed by atoms with Gasteiger partial charge in [0, 0.05) is 12.6 Å². The Labute approximate surface area is 131 Å². The Morgan fingerprint density at radius 2 is 2.10 bits per heavy atom. The number of urea groups is 1. The SMILES string of the molecule is CCCN(C(=O)NC(CCSC)C(=O)O)C1CCNCC1. The van der Waals surface area contributed by atoms with Crippen LogP contribution in [0.3, 0.4) is 0 Å². The average molecular weight is 317 g/mol. The van der Waals surface area contributed by atoms with Gasteiger partial charge in [-0.1, -0.05) is 6.92 Å². The molecule has 1 saturated heterocycles. The molecule has 0 aromatic rings. The van der Waals surface area contributed by atoms with E-state index in [4.69, 9.17) is 0 Å². The quantitative estimate of drug-likeness (QED) is 0.630. The topological polar surface area (TPSA) is 81.7 Å². The van der Waals surface area contributed by atoms with Gasteiger partial charge >= 0.3 is 12.0 Å². The molecular weight excluding hydrogens is 290 g/mol. The smallest absolute Gasteiger partial charge is 0.326 e. The number of aliphatic carboxylic acids is 1. The van der Waals surface area contributed by atoms with Crippen molar-refractivity contribution in [2.45, 2.75) is 44.7 Å². The molecule has 1 aliphatic heterocycles. The summed E-state index contributed by atoms with van der Waals surface area (Å²) in [5, 5.41) is 15.2. The van der Waals surface area contributed by atoms with Crippen LogP contribution >= 0.6 is 11.8 Å². The lowest BCUT2D eigenvalue weighted by Crippen LogP contribution is -2.53. The highest BCUT2D eigenvalue weighted by molar-refractivity contribution is 7.98. The third-order valence-corrected chi connectivity index (χ3v) is 4.33. The molecule has 7 heteroatoms. The van der Waals surface area contributed by atoms with E-state index in [1.165, 1.54) is 0 Å². The molecule has 0 aromatic heterocycles. The van der Waals surface area contributed by atoms with Crippen LogP contribution < -0.4 is 10.6 Å². The summed E-state index contributed by atoms with van der Waals surface area (Å²) in [5.74, 6) is -0.239. The molecule has 0 aromatic carbocycles. The summed E-state index contributed by atoms with van der Waals surface area (Å²) >= 11 is 1.58. The van der Waals surface area contributed by atoms with Crippen molar-refractivity contribution in [1.29, 1.82) is 0 Å². The van der Waals surface area contributed by atoms with Crippen molar-refractivity contribution >= 4 is 23.8 Å². The summed E-state index contributed by atoms with van der Waals surface area (Å²) in [6.07, 6.45) is 5.11. The van der Waals surface area contributed by atoms with Gasteiger partial charge in [0.1, 0.15) is 6.04 Å². The van der Waals surface area contributed by atoms with Crippen molar-refractivity contribution in [2.75, 3.05) is 31.6 Å². The van der Waals surface area contributed by atoms with Crippen molar-refractivity contribution in [1.82, 2.24) is 15.5 Å². The van der Waals surface area contributed by atoms with Crippen molar-refractivity contribution in [3.05, 3.63) is 0 Å². The van der Waals surface area contributed by atoms with Gasteiger partial charge in [0.2, 0.25) is 0 Å². The Kier molecular flexibility index (Phi) is 8.52. The summed E-state index contributed by atoms with van der Waals surface area (Å²) in [7, 11) is 0. The van der Waals surface area contributed by atoms with Crippen molar-refractivity contribution in [3.8, 4) is 0 Å². The second-order valence-corrected chi connectivity index (χ2v) is 6.28. The standard InChI is InChI=1S/C14H27N3O3S/c1-3-9-17(11-4-7-15-8-5-11)14(20)16-12(13(18)19)6-10-21-2/h11-12,15H,3-10H2,1-2H3,(H,16,20)(H,18,19). The number of carboxylic acids is 1. The van der Waals surface area contributed by atoms with Crippen LogP contribution in [0.2, 0.25) is 0 Å². The zero-order valence-electron chi connectivity index (χ0n) is 12.9. The number of hydrogen-bond donors (Lipinski definition) is 3. The summed E-state index contributed by atoms with van der Waals surface area (Å²) < 4.78 is 0. The van der Waals surface area contributed by atoms with Gasteiger partial charge in [-0.3, -0.25) is 0 Å². The number of rotatable bonds is 8. The monoisotopic (exact) mass is 317 g/mol. The number of piperidine rings is 1. The lowest BCUT2D eigenvalue weighted by Gasteiger charge is -2.35. The summed E-state index contributed by atoms with van der Waals surface area (Å²) in [5.41, 5.74) is 0. The molecule has 1 atom stereocenters. The fraction of sp³-hybridized carbons (Fsp3) is 0.857. The number of thioether (sulfide) groups is 1. The lowest BCUT2D eigenvalue weighted by molar-refractivity contribution is -0.139. The van der Waals surface area contributed by atoms with Crippen LogP contribution in [0.4, 0.5) is 4.79 Å². The molecule has 0 saturated carbocycles. The van der Waals surface area contributed by atoms with E-state index in [2.05, 4.69) is 10.6 Å². The number of nitrogens with one attached hydrogen (secondary N) is 2. The molecule has 1 heterocycles. The Bertz CT molecular complexity index is 335. The molecule has 3 N–H and O–H groups in total. The largest absolute Gasteiger partial charge is 0.480 e. The second-order valence-electron chi connectivity index (χ2n) is 5.30. The summed E-state index contributed by atoms with van der Waals surface area (Å²) in [6, 6.07) is -0.829. The highest BCUT2D eigenvalue weighted by atomic mass is 32.2. The van der Waals surface area contributed by atoms with E-state index in [9.17, 15) is 14.7 Å². The Morgan fingerprint density at radius 1 is 1.43 bits per heavy atom. The molecule has 122 valence electrons. The highest BCUT2D eigenvalue weighted by Gasteiger charge is 2.28. The predicted molar refractivity (Wildman–Crippen MR) is 85.8 cm³/mol. The maximum atomic E-state index is 12.4. The Hall–Kier alpha value is -0.950. The molecule has 6 nitrogen and oxygen atoms in total. The van der Waals surface area contributed by atoms with Gasteiger partial charge in [-0.05, 0) is 50.8 Å². The van der Waals surface area contributed by atoms with E-state index in [1.807, 2.05) is 18.1 Å². The van der Waals surface area contributed by atoms with Gasteiger partial charge in [-0.2, -0.15) is 11.8 Å². The Balaban J connectivity index is 2.63. The number of carbonyl (C=O) groups excluding carboxylic acids is 1. The van der Waals surface area contributed by atoms with Crippen molar-refractivity contribution in [2.24, 2.45) is 0 Å². The molecule has 1 rings (SSSR count). The van der Waals surface area contributed by atoms with E-state index in [-0.39, 0.29) is 12.1 Å². The number of nitrogens with zero attached hydrogens (tertiary/aromatic N) is 1. The first kappa shape index (κ1) is 18.1. The van der Waals surface area contributed by atoms with Gasteiger partial charge in [0.25, 0.3) is 0 Å². The van der Waals surface area contributed by atoms with Gasteiger partial charge < -0.3 is 20.6 Å². The first-order valence-electron chi connectivity index (χ1n) is 7.59.